The largest absolute Gasteiger partial charge is 0.362 e. The number of epoxide rings is 1. The first kappa shape index (κ1) is 10.7. The quantitative estimate of drug-likeness (QED) is 0.649. The molecule has 0 bridgehead atoms. The van der Waals surface area contributed by atoms with Crippen LogP contribution >= 0.6 is 0 Å². The minimum absolute atomic E-state index is 0.0486. The van der Waals surface area contributed by atoms with Gasteiger partial charge in [-0.3, -0.25) is 4.79 Å². The van der Waals surface area contributed by atoms with Crippen molar-refractivity contribution in [1.29, 1.82) is 0 Å². The molecule has 1 aliphatic heterocycles. The van der Waals surface area contributed by atoms with Crippen molar-refractivity contribution >= 4 is 5.78 Å². The molecule has 0 radical (unpaired) electrons. The number of likely N-dealkylation sites (N-methyl/N-ethyl adjacent to an activating group) is 1. The molecule has 0 aromatic rings. The number of ketones is 1. The number of rotatable bonds is 5. The Morgan fingerprint density at radius 3 is 2.46 bits per heavy atom. The van der Waals surface area contributed by atoms with Crippen LogP contribution < -0.4 is 5.32 Å². The van der Waals surface area contributed by atoms with E-state index < -0.39 is 5.60 Å². The van der Waals surface area contributed by atoms with Gasteiger partial charge in [0, 0.05) is 0 Å². The van der Waals surface area contributed by atoms with E-state index in [4.69, 9.17) is 4.74 Å². The van der Waals surface area contributed by atoms with E-state index in [1.807, 2.05) is 14.0 Å². The highest BCUT2D eigenvalue weighted by Gasteiger charge is 2.49. The predicted molar refractivity (Wildman–Crippen MR) is 51.7 cm³/mol. The maximum absolute atomic E-state index is 11.8. The SMILES string of the molecule is CN[C@H](CC(C)C)C(=O)[C@]1(C)CO1. The van der Waals surface area contributed by atoms with E-state index in [2.05, 4.69) is 19.2 Å². The summed E-state index contributed by atoms with van der Waals surface area (Å²) in [6.45, 7) is 6.68. The number of carbonyl (C=O) groups excluding carboxylic acids is 1. The Bertz CT molecular complexity index is 197. The molecule has 0 aromatic carbocycles. The van der Waals surface area contributed by atoms with Gasteiger partial charge in [0.05, 0.1) is 12.6 Å². The van der Waals surface area contributed by atoms with Crippen molar-refractivity contribution in [3.63, 3.8) is 0 Å². The normalized spacial score (nSPS) is 29.0. The van der Waals surface area contributed by atoms with E-state index in [0.717, 1.165) is 6.42 Å². The number of nitrogens with one attached hydrogen (secondary N) is 1. The molecular formula is C10H19NO2. The van der Waals surface area contributed by atoms with Crippen molar-refractivity contribution in [2.75, 3.05) is 13.7 Å². The smallest absolute Gasteiger partial charge is 0.183 e. The van der Waals surface area contributed by atoms with E-state index in [1.165, 1.54) is 0 Å². The van der Waals surface area contributed by atoms with Gasteiger partial charge in [-0.25, -0.2) is 0 Å². The average molecular weight is 185 g/mol. The second-order valence-corrected chi connectivity index (χ2v) is 4.35. The zero-order valence-corrected chi connectivity index (χ0v) is 8.89. The Morgan fingerprint density at radius 2 is 2.15 bits per heavy atom. The van der Waals surface area contributed by atoms with E-state index in [1.54, 1.807) is 0 Å². The summed E-state index contributed by atoms with van der Waals surface area (Å²) in [5.74, 6) is 0.729. The molecule has 3 heteroatoms. The van der Waals surface area contributed by atoms with Gasteiger partial charge in [0.1, 0.15) is 5.60 Å². The topological polar surface area (TPSA) is 41.6 Å². The molecule has 0 aromatic heterocycles. The Hall–Kier alpha value is -0.410. The lowest BCUT2D eigenvalue weighted by atomic mass is 9.94. The van der Waals surface area contributed by atoms with Crippen LogP contribution in [0.15, 0.2) is 0 Å². The van der Waals surface area contributed by atoms with Gasteiger partial charge in [-0.15, -0.1) is 0 Å². The van der Waals surface area contributed by atoms with Crippen LogP contribution in [0.1, 0.15) is 27.2 Å². The highest BCUT2D eigenvalue weighted by atomic mass is 16.6. The van der Waals surface area contributed by atoms with Crippen molar-refractivity contribution < 1.29 is 9.53 Å². The molecule has 1 rings (SSSR count). The Labute approximate surface area is 79.8 Å². The molecule has 1 N–H and O–H groups in total. The summed E-state index contributed by atoms with van der Waals surface area (Å²) >= 11 is 0. The van der Waals surface area contributed by atoms with Crippen LogP contribution in [0.2, 0.25) is 0 Å². The van der Waals surface area contributed by atoms with Crippen LogP contribution in [0, 0.1) is 5.92 Å². The van der Waals surface area contributed by atoms with Crippen LogP contribution in [0.3, 0.4) is 0 Å². The van der Waals surface area contributed by atoms with Gasteiger partial charge in [0.2, 0.25) is 0 Å². The van der Waals surface area contributed by atoms with Crippen molar-refractivity contribution in [3.05, 3.63) is 0 Å². The van der Waals surface area contributed by atoms with Crippen molar-refractivity contribution in [1.82, 2.24) is 5.32 Å². The summed E-state index contributed by atoms with van der Waals surface area (Å²) in [6.07, 6.45) is 0.883. The van der Waals surface area contributed by atoms with Crippen molar-refractivity contribution in [2.45, 2.75) is 38.8 Å². The molecule has 0 saturated carbocycles. The van der Waals surface area contributed by atoms with Gasteiger partial charge < -0.3 is 10.1 Å². The number of carbonyl (C=O) groups is 1. The molecule has 0 unspecified atom stereocenters. The van der Waals surface area contributed by atoms with Gasteiger partial charge in [-0.05, 0) is 26.3 Å². The molecule has 1 aliphatic rings. The first-order valence-corrected chi connectivity index (χ1v) is 4.85. The zero-order chi connectivity index (χ0) is 10.1. The van der Waals surface area contributed by atoms with E-state index >= 15 is 0 Å². The maximum Gasteiger partial charge on any atom is 0.183 e. The van der Waals surface area contributed by atoms with Crippen LogP contribution in [-0.4, -0.2) is 31.1 Å². The van der Waals surface area contributed by atoms with Crippen LogP contribution in [0.25, 0.3) is 0 Å². The van der Waals surface area contributed by atoms with Crippen LogP contribution in [-0.2, 0) is 9.53 Å². The molecule has 0 spiro atoms. The third-order valence-electron chi connectivity index (χ3n) is 2.47. The van der Waals surface area contributed by atoms with E-state index in [9.17, 15) is 4.79 Å². The van der Waals surface area contributed by atoms with Crippen LogP contribution in [0.4, 0.5) is 0 Å². The third kappa shape index (κ3) is 2.51. The molecule has 0 aliphatic carbocycles. The fourth-order valence-electron chi connectivity index (χ4n) is 1.45. The number of Topliss-reactive ketones (excluding diaryl/α,β-unsaturated/α-hetero) is 1. The third-order valence-corrected chi connectivity index (χ3v) is 2.47. The maximum atomic E-state index is 11.8. The molecule has 13 heavy (non-hydrogen) atoms. The predicted octanol–water partition coefficient (Wildman–Crippen LogP) is 0.978. The van der Waals surface area contributed by atoms with Crippen molar-refractivity contribution in [2.24, 2.45) is 5.92 Å². The summed E-state index contributed by atoms with van der Waals surface area (Å²) in [5, 5.41) is 3.05. The Kier molecular flexibility index (Phi) is 3.09. The second-order valence-electron chi connectivity index (χ2n) is 4.35. The van der Waals surface area contributed by atoms with Gasteiger partial charge in [-0.1, -0.05) is 13.8 Å². The Balaban J connectivity index is 2.51. The standard InChI is InChI=1S/C10H19NO2/c1-7(2)5-8(11-4)9(12)10(3)6-13-10/h7-8,11H,5-6H2,1-4H3/t8-,10+/m1/s1. The number of hydrogen-bond donors (Lipinski definition) is 1. The second kappa shape index (κ2) is 3.76. The molecule has 1 heterocycles. The molecule has 3 nitrogen and oxygen atoms in total. The minimum atomic E-state index is -0.484. The molecule has 0 amide bonds. The first-order chi connectivity index (χ1) is 5.99. The molecule has 1 saturated heterocycles. The highest BCUT2D eigenvalue weighted by molar-refractivity contribution is 5.93. The van der Waals surface area contributed by atoms with Gasteiger partial charge in [0.25, 0.3) is 0 Å². The fraction of sp³-hybridized carbons (Fsp3) is 0.900. The highest BCUT2D eigenvalue weighted by Crippen LogP contribution is 2.29. The summed E-state index contributed by atoms with van der Waals surface area (Å²) in [7, 11) is 1.83. The number of ether oxygens (including phenoxy) is 1. The lowest BCUT2D eigenvalue weighted by Crippen LogP contribution is -2.42. The molecule has 1 fully saturated rings. The van der Waals surface area contributed by atoms with E-state index in [0.29, 0.717) is 12.5 Å². The van der Waals surface area contributed by atoms with Gasteiger partial charge in [0.15, 0.2) is 5.78 Å². The fourth-order valence-corrected chi connectivity index (χ4v) is 1.45. The molecule has 2 atom stereocenters. The Morgan fingerprint density at radius 1 is 1.62 bits per heavy atom. The first-order valence-electron chi connectivity index (χ1n) is 4.85. The van der Waals surface area contributed by atoms with Crippen molar-refractivity contribution in [3.8, 4) is 0 Å². The average Bonchev–Trinajstić information content (AvgIpc) is 2.79. The molecular weight excluding hydrogens is 166 g/mol. The zero-order valence-electron chi connectivity index (χ0n) is 8.89. The summed E-state index contributed by atoms with van der Waals surface area (Å²) in [5.41, 5.74) is -0.484. The lowest BCUT2D eigenvalue weighted by molar-refractivity contribution is -0.125. The summed E-state index contributed by atoms with van der Waals surface area (Å²) in [6, 6.07) is -0.0486. The van der Waals surface area contributed by atoms with Gasteiger partial charge in [-0.2, -0.15) is 0 Å². The minimum Gasteiger partial charge on any atom is -0.362 e. The number of hydrogen-bond acceptors (Lipinski definition) is 3. The van der Waals surface area contributed by atoms with E-state index in [-0.39, 0.29) is 11.8 Å². The van der Waals surface area contributed by atoms with Gasteiger partial charge >= 0.3 is 0 Å². The van der Waals surface area contributed by atoms with Crippen LogP contribution in [0.5, 0.6) is 0 Å². The molecule has 76 valence electrons. The summed E-state index contributed by atoms with van der Waals surface area (Å²) in [4.78, 5) is 11.8. The lowest BCUT2D eigenvalue weighted by Gasteiger charge is -2.18. The monoisotopic (exact) mass is 185 g/mol. The summed E-state index contributed by atoms with van der Waals surface area (Å²) < 4.78 is 5.13.